The van der Waals surface area contributed by atoms with Gasteiger partial charge in [-0.15, -0.1) is 0 Å². The van der Waals surface area contributed by atoms with Gasteiger partial charge < -0.3 is 19.9 Å². The van der Waals surface area contributed by atoms with Crippen LogP contribution >= 0.6 is 0 Å². The molecule has 1 aromatic heterocycles. The molecule has 7 heteroatoms. The highest BCUT2D eigenvalue weighted by Gasteiger charge is 2.55. The maximum atomic E-state index is 13.3. The van der Waals surface area contributed by atoms with E-state index in [0.29, 0.717) is 48.5 Å². The van der Waals surface area contributed by atoms with Crippen LogP contribution in [0.15, 0.2) is 6.20 Å². The standard InChI is InChI=1S/C22H29N3O4/c26-20(24-18-14-4-12-5-15(18)8-22(27,6-12)7-14)17-9-23-21(29-16-10-28-11-16)25-19(17)13-2-1-3-13/h9,12-16,18,27H,1-8,10-11H2,(H,24,26)/t12?,14?,15?,18-,22+. The highest BCUT2D eigenvalue weighted by Crippen LogP contribution is 2.55. The van der Waals surface area contributed by atoms with Gasteiger partial charge in [-0.25, -0.2) is 4.98 Å². The van der Waals surface area contributed by atoms with E-state index < -0.39 is 5.60 Å². The number of hydrogen-bond acceptors (Lipinski definition) is 6. The number of nitrogens with one attached hydrogen (secondary N) is 1. The molecule has 7 nitrogen and oxygen atoms in total. The molecule has 2 atom stereocenters. The molecule has 2 N–H and O–H groups in total. The quantitative estimate of drug-likeness (QED) is 0.788. The van der Waals surface area contributed by atoms with Gasteiger partial charge in [0.2, 0.25) is 0 Å². The van der Waals surface area contributed by atoms with Crippen molar-refractivity contribution in [2.24, 2.45) is 17.8 Å². The van der Waals surface area contributed by atoms with Crippen molar-refractivity contribution < 1.29 is 19.4 Å². The molecule has 1 aromatic rings. The van der Waals surface area contributed by atoms with Gasteiger partial charge in [-0.05, 0) is 62.7 Å². The van der Waals surface area contributed by atoms with Gasteiger partial charge in [0.05, 0.1) is 30.1 Å². The lowest BCUT2D eigenvalue weighted by Crippen LogP contribution is -2.61. The highest BCUT2D eigenvalue weighted by atomic mass is 16.6. The van der Waals surface area contributed by atoms with E-state index >= 15 is 0 Å². The topological polar surface area (TPSA) is 93.6 Å². The zero-order valence-electron chi connectivity index (χ0n) is 16.7. The summed E-state index contributed by atoms with van der Waals surface area (Å²) in [6, 6.07) is 0.519. The molecule has 0 aromatic carbocycles. The first kappa shape index (κ1) is 18.1. The second-order valence-electron chi connectivity index (χ2n) is 10.1. The van der Waals surface area contributed by atoms with Crippen LogP contribution < -0.4 is 10.1 Å². The Labute approximate surface area is 170 Å². The van der Waals surface area contributed by atoms with Crippen LogP contribution in [0.2, 0.25) is 0 Å². The SMILES string of the molecule is O=C(N[C@H]1C2CC3CC1C[C@@](O)(C3)C2)c1cnc(OC2COC2)nc1C1CCC1. The number of amides is 1. The van der Waals surface area contributed by atoms with E-state index in [4.69, 9.17) is 9.47 Å². The number of carbonyl (C=O) groups is 1. The summed E-state index contributed by atoms with van der Waals surface area (Å²) in [5, 5.41) is 14.1. The van der Waals surface area contributed by atoms with Crippen LogP contribution in [0.3, 0.4) is 0 Å². The van der Waals surface area contributed by atoms with Crippen molar-refractivity contribution in [1.82, 2.24) is 15.3 Å². The van der Waals surface area contributed by atoms with Gasteiger partial charge in [-0.1, -0.05) is 6.42 Å². The van der Waals surface area contributed by atoms with Crippen LogP contribution in [0.4, 0.5) is 0 Å². The first-order chi connectivity index (χ1) is 14.1. The number of hydrogen-bond donors (Lipinski definition) is 2. The van der Waals surface area contributed by atoms with Gasteiger partial charge in [-0.3, -0.25) is 4.79 Å². The number of aromatic nitrogens is 2. The van der Waals surface area contributed by atoms with Gasteiger partial charge >= 0.3 is 6.01 Å². The molecule has 1 aliphatic heterocycles. The summed E-state index contributed by atoms with van der Waals surface area (Å²) >= 11 is 0. The third-order valence-corrected chi connectivity index (χ3v) is 7.95. The average Bonchev–Trinajstić information content (AvgIpc) is 2.58. The van der Waals surface area contributed by atoms with E-state index in [1.54, 1.807) is 6.20 Å². The Kier molecular flexibility index (Phi) is 4.14. The summed E-state index contributed by atoms with van der Waals surface area (Å²) in [6.45, 7) is 1.14. The molecule has 156 valence electrons. The number of aliphatic hydroxyl groups is 1. The molecular weight excluding hydrogens is 370 g/mol. The van der Waals surface area contributed by atoms with Gasteiger partial charge in [0.15, 0.2) is 0 Å². The lowest BCUT2D eigenvalue weighted by Gasteiger charge is -2.58. The molecule has 0 spiro atoms. The molecule has 5 aliphatic carbocycles. The van der Waals surface area contributed by atoms with Crippen LogP contribution in [0, 0.1) is 17.8 Å². The van der Waals surface area contributed by atoms with Gasteiger partial charge in [0, 0.05) is 18.2 Å². The summed E-state index contributed by atoms with van der Waals surface area (Å²) in [6.07, 6.45) is 9.83. The Morgan fingerprint density at radius 1 is 1.21 bits per heavy atom. The van der Waals surface area contributed by atoms with Crippen LogP contribution in [-0.4, -0.2) is 51.9 Å². The number of nitrogens with zero attached hydrogens (tertiary/aromatic N) is 2. The highest BCUT2D eigenvalue weighted by molar-refractivity contribution is 5.95. The summed E-state index contributed by atoms with van der Waals surface area (Å²) in [5.74, 6) is 1.67. The van der Waals surface area contributed by atoms with Crippen molar-refractivity contribution in [3.8, 4) is 6.01 Å². The third kappa shape index (κ3) is 3.13. The lowest BCUT2D eigenvalue weighted by atomic mass is 9.52. The van der Waals surface area contributed by atoms with E-state index in [9.17, 15) is 9.90 Å². The molecule has 6 aliphatic rings. The van der Waals surface area contributed by atoms with E-state index in [1.165, 1.54) is 6.42 Å². The Bertz CT molecular complexity index is 806. The molecule has 2 unspecified atom stereocenters. The first-order valence-electron chi connectivity index (χ1n) is 11.2. The molecule has 2 heterocycles. The Morgan fingerprint density at radius 3 is 2.55 bits per heavy atom. The fourth-order valence-corrected chi connectivity index (χ4v) is 6.48. The number of ether oxygens (including phenoxy) is 2. The molecule has 29 heavy (non-hydrogen) atoms. The van der Waals surface area contributed by atoms with Crippen molar-refractivity contribution in [1.29, 1.82) is 0 Å². The zero-order valence-corrected chi connectivity index (χ0v) is 16.7. The molecule has 5 saturated carbocycles. The first-order valence-corrected chi connectivity index (χ1v) is 11.2. The zero-order chi connectivity index (χ0) is 19.6. The predicted molar refractivity (Wildman–Crippen MR) is 104 cm³/mol. The second kappa shape index (κ2) is 6.64. The fraction of sp³-hybridized carbons (Fsp3) is 0.773. The van der Waals surface area contributed by atoms with Gasteiger partial charge in [-0.2, -0.15) is 4.98 Å². The van der Waals surface area contributed by atoms with E-state index in [0.717, 1.165) is 50.6 Å². The number of rotatable bonds is 5. The van der Waals surface area contributed by atoms with Gasteiger partial charge in [0.25, 0.3) is 5.91 Å². The maximum Gasteiger partial charge on any atom is 0.317 e. The Balaban J connectivity index is 1.22. The van der Waals surface area contributed by atoms with Crippen molar-refractivity contribution in [2.75, 3.05) is 13.2 Å². The van der Waals surface area contributed by atoms with Gasteiger partial charge in [0.1, 0.15) is 6.10 Å². The predicted octanol–water partition coefficient (Wildman–Crippen LogP) is 2.19. The normalized spacial score (nSPS) is 38.4. The molecule has 1 saturated heterocycles. The molecule has 1 amide bonds. The Hall–Kier alpha value is -1.73. The average molecular weight is 399 g/mol. The smallest absolute Gasteiger partial charge is 0.317 e. The van der Waals surface area contributed by atoms with E-state index in [2.05, 4.69) is 15.3 Å². The molecule has 4 bridgehead atoms. The minimum atomic E-state index is -0.484. The summed E-state index contributed by atoms with van der Waals surface area (Å²) in [7, 11) is 0. The molecule has 0 radical (unpaired) electrons. The second-order valence-corrected chi connectivity index (χ2v) is 10.1. The molecular formula is C22H29N3O4. The van der Waals surface area contributed by atoms with Crippen LogP contribution in [0.5, 0.6) is 6.01 Å². The van der Waals surface area contributed by atoms with Crippen molar-refractivity contribution >= 4 is 5.91 Å². The van der Waals surface area contributed by atoms with Crippen LogP contribution in [0.25, 0.3) is 0 Å². The van der Waals surface area contributed by atoms with Crippen LogP contribution in [-0.2, 0) is 4.74 Å². The fourth-order valence-electron chi connectivity index (χ4n) is 6.48. The van der Waals surface area contributed by atoms with Crippen molar-refractivity contribution in [2.45, 2.75) is 75.0 Å². The monoisotopic (exact) mass is 399 g/mol. The minimum absolute atomic E-state index is 0.0165. The lowest BCUT2D eigenvalue weighted by molar-refractivity contribution is -0.136. The van der Waals surface area contributed by atoms with E-state index in [-0.39, 0.29) is 18.1 Å². The van der Waals surface area contributed by atoms with Crippen LogP contribution in [0.1, 0.15) is 73.3 Å². The van der Waals surface area contributed by atoms with Crippen molar-refractivity contribution in [3.63, 3.8) is 0 Å². The minimum Gasteiger partial charge on any atom is -0.455 e. The molecule has 7 rings (SSSR count). The van der Waals surface area contributed by atoms with Crippen molar-refractivity contribution in [3.05, 3.63) is 17.5 Å². The third-order valence-electron chi connectivity index (χ3n) is 7.95. The maximum absolute atomic E-state index is 13.3. The Morgan fingerprint density at radius 2 is 1.97 bits per heavy atom. The number of carbonyl (C=O) groups excluding carboxylic acids is 1. The van der Waals surface area contributed by atoms with E-state index in [1.807, 2.05) is 0 Å². The molecule has 6 fully saturated rings. The largest absolute Gasteiger partial charge is 0.455 e. The summed E-state index contributed by atoms with van der Waals surface area (Å²) in [4.78, 5) is 22.2. The summed E-state index contributed by atoms with van der Waals surface area (Å²) < 4.78 is 10.9. The summed E-state index contributed by atoms with van der Waals surface area (Å²) in [5.41, 5.74) is 0.947.